The molecule has 0 aliphatic rings. The fourth-order valence-electron chi connectivity index (χ4n) is 2.61. The Labute approximate surface area is 173 Å². The van der Waals surface area contributed by atoms with E-state index in [0.717, 1.165) is 41.3 Å². The number of benzene rings is 2. The van der Waals surface area contributed by atoms with Gasteiger partial charge in [-0.3, -0.25) is 0 Å². The van der Waals surface area contributed by atoms with Gasteiger partial charge in [0.25, 0.3) is 0 Å². The predicted molar refractivity (Wildman–Crippen MR) is 126 cm³/mol. The van der Waals surface area contributed by atoms with E-state index in [2.05, 4.69) is 15.6 Å². The number of para-hydroxylation sites is 1. The lowest BCUT2D eigenvalue weighted by atomic mass is 10.1. The van der Waals surface area contributed by atoms with E-state index in [9.17, 15) is 0 Å². The first-order valence-corrected chi connectivity index (χ1v) is 9.53. The molecule has 0 saturated carbocycles. The van der Waals surface area contributed by atoms with E-state index in [-0.39, 0.29) is 0 Å². The van der Waals surface area contributed by atoms with Crippen LogP contribution in [0.3, 0.4) is 0 Å². The fraction of sp³-hybridized carbons (Fsp3) is 0.217. The molecule has 2 aromatic rings. The predicted octanol–water partition coefficient (Wildman–Crippen LogP) is 4.68. The van der Waals surface area contributed by atoms with Gasteiger partial charge < -0.3 is 26.7 Å². The SMILES string of the molecule is CC(C)=CN=CN(C)CCNc1cc(Nc2ccccc2)ccc1/C(N)=C/C=N. The van der Waals surface area contributed by atoms with Gasteiger partial charge in [0, 0.05) is 60.9 Å². The summed E-state index contributed by atoms with van der Waals surface area (Å²) in [4.78, 5) is 6.30. The van der Waals surface area contributed by atoms with E-state index in [1.807, 2.05) is 86.9 Å². The smallest absolute Gasteiger partial charge is 0.0902 e. The zero-order valence-corrected chi connectivity index (χ0v) is 17.3. The van der Waals surface area contributed by atoms with Gasteiger partial charge in [-0.2, -0.15) is 0 Å². The third-order valence-electron chi connectivity index (χ3n) is 4.03. The molecule has 6 heteroatoms. The number of rotatable bonds is 10. The molecule has 152 valence electrons. The summed E-state index contributed by atoms with van der Waals surface area (Å²) < 4.78 is 0. The highest BCUT2D eigenvalue weighted by molar-refractivity contribution is 5.86. The van der Waals surface area contributed by atoms with Gasteiger partial charge in [-0.25, -0.2) is 4.99 Å². The molecule has 2 aromatic carbocycles. The van der Waals surface area contributed by atoms with Crippen LogP contribution in [0, 0.1) is 5.41 Å². The first-order chi connectivity index (χ1) is 14.0. The van der Waals surface area contributed by atoms with E-state index in [1.54, 1.807) is 6.08 Å². The van der Waals surface area contributed by atoms with Crippen molar-refractivity contribution in [1.29, 1.82) is 5.41 Å². The van der Waals surface area contributed by atoms with Crippen LogP contribution >= 0.6 is 0 Å². The second kappa shape index (κ2) is 11.3. The number of allylic oxidation sites excluding steroid dienone is 2. The zero-order valence-electron chi connectivity index (χ0n) is 17.3. The number of hydrogen-bond acceptors (Lipinski definition) is 5. The topological polar surface area (TPSA) is 89.5 Å². The Morgan fingerprint density at radius 1 is 1.14 bits per heavy atom. The van der Waals surface area contributed by atoms with Crippen molar-refractivity contribution in [1.82, 2.24) is 4.90 Å². The molecule has 0 atom stereocenters. The van der Waals surface area contributed by atoms with Gasteiger partial charge >= 0.3 is 0 Å². The highest BCUT2D eigenvalue weighted by Gasteiger charge is 2.07. The van der Waals surface area contributed by atoms with Gasteiger partial charge in [-0.05, 0) is 50.3 Å². The summed E-state index contributed by atoms with van der Waals surface area (Å²) >= 11 is 0. The minimum Gasteiger partial charge on any atom is -0.398 e. The summed E-state index contributed by atoms with van der Waals surface area (Å²) in [6.45, 7) is 5.54. The summed E-state index contributed by atoms with van der Waals surface area (Å²) in [5.74, 6) is 0. The van der Waals surface area contributed by atoms with Crippen molar-refractivity contribution in [2.24, 2.45) is 10.7 Å². The van der Waals surface area contributed by atoms with Crippen LogP contribution in [0.25, 0.3) is 5.70 Å². The highest BCUT2D eigenvalue weighted by Crippen LogP contribution is 2.27. The number of nitrogens with zero attached hydrogens (tertiary/aromatic N) is 2. The molecule has 6 nitrogen and oxygen atoms in total. The van der Waals surface area contributed by atoms with Gasteiger partial charge in [0.2, 0.25) is 0 Å². The quantitative estimate of drug-likeness (QED) is 0.350. The molecular formula is C23H30N6. The Bertz CT molecular complexity index is 879. The molecule has 29 heavy (non-hydrogen) atoms. The molecule has 0 heterocycles. The zero-order chi connectivity index (χ0) is 21.1. The van der Waals surface area contributed by atoms with Crippen molar-refractivity contribution in [3.8, 4) is 0 Å². The van der Waals surface area contributed by atoms with Crippen LogP contribution in [0.2, 0.25) is 0 Å². The average molecular weight is 391 g/mol. The Kier molecular flexibility index (Phi) is 8.51. The number of likely N-dealkylation sites (N-methyl/N-ethyl adjacent to an activating group) is 1. The highest BCUT2D eigenvalue weighted by atomic mass is 15.1. The van der Waals surface area contributed by atoms with Crippen LogP contribution in [0.1, 0.15) is 19.4 Å². The minimum absolute atomic E-state index is 0.548. The van der Waals surface area contributed by atoms with Crippen LogP contribution in [0.4, 0.5) is 17.1 Å². The molecule has 0 fully saturated rings. The standard InChI is InChI=1S/C23H30N6/c1-18(2)16-26-17-29(3)14-13-27-23-15-20(28-19-7-5-4-6-8-19)9-10-21(23)22(25)11-12-24/h4-12,15-17,24,27-28H,13-14,25H2,1-3H3/b22-11-,24-12?,26-17?. The van der Waals surface area contributed by atoms with Gasteiger partial charge in [0.15, 0.2) is 0 Å². The first kappa shape index (κ1) is 21.8. The number of hydrogen-bond donors (Lipinski definition) is 4. The lowest BCUT2D eigenvalue weighted by molar-refractivity contribution is 0.538. The maximum absolute atomic E-state index is 7.29. The molecule has 0 aromatic heterocycles. The molecule has 0 spiro atoms. The third kappa shape index (κ3) is 7.54. The second-order valence-electron chi connectivity index (χ2n) is 6.92. The van der Waals surface area contributed by atoms with Gasteiger partial charge in [-0.1, -0.05) is 23.8 Å². The second-order valence-corrected chi connectivity index (χ2v) is 6.92. The van der Waals surface area contributed by atoms with Crippen molar-refractivity contribution < 1.29 is 0 Å². The van der Waals surface area contributed by atoms with E-state index < -0.39 is 0 Å². The Morgan fingerprint density at radius 2 is 1.90 bits per heavy atom. The van der Waals surface area contributed by atoms with Crippen LogP contribution in [-0.2, 0) is 0 Å². The Balaban J connectivity index is 2.12. The van der Waals surface area contributed by atoms with E-state index >= 15 is 0 Å². The van der Waals surface area contributed by atoms with Gasteiger partial charge in [0.1, 0.15) is 0 Å². The molecule has 0 amide bonds. The molecule has 0 bridgehead atoms. The Hall–Kier alpha value is -3.54. The number of anilines is 3. The monoisotopic (exact) mass is 390 g/mol. The number of aliphatic imine (C=N–C) groups is 1. The first-order valence-electron chi connectivity index (χ1n) is 9.53. The van der Waals surface area contributed by atoms with E-state index in [0.29, 0.717) is 5.70 Å². The molecule has 0 aliphatic carbocycles. The van der Waals surface area contributed by atoms with E-state index in [4.69, 9.17) is 11.1 Å². The normalized spacial score (nSPS) is 11.2. The molecule has 0 saturated heterocycles. The van der Waals surface area contributed by atoms with Crippen molar-refractivity contribution in [2.45, 2.75) is 13.8 Å². The van der Waals surface area contributed by atoms with Crippen LogP contribution in [-0.4, -0.2) is 37.6 Å². The van der Waals surface area contributed by atoms with Gasteiger partial charge in [-0.15, -0.1) is 0 Å². The summed E-state index contributed by atoms with van der Waals surface area (Å²) in [6, 6.07) is 16.0. The van der Waals surface area contributed by atoms with E-state index in [1.165, 1.54) is 6.21 Å². The average Bonchev–Trinajstić information content (AvgIpc) is 2.69. The molecule has 2 rings (SSSR count). The lowest BCUT2D eigenvalue weighted by Gasteiger charge is -2.18. The number of nitrogens with one attached hydrogen (secondary N) is 3. The van der Waals surface area contributed by atoms with Gasteiger partial charge in [0.05, 0.1) is 6.34 Å². The summed E-state index contributed by atoms with van der Waals surface area (Å²) in [5.41, 5.74) is 11.6. The maximum Gasteiger partial charge on any atom is 0.0902 e. The summed E-state index contributed by atoms with van der Waals surface area (Å²) in [5, 5.41) is 14.1. The summed E-state index contributed by atoms with van der Waals surface area (Å²) in [6.07, 6.45) is 6.43. The fourth-order valence-corrected chi connectivity index (χ4v) is 2.61. The molecular weight excluding hydrogens is 360 g/mol. The van der Waals surface area contributed by atoms with Crippen LogP contribution < -0.4 is 16.4 Å². The Morgan fingerprint density at radius 3 is 2.59 bits per heavy atom. The van der Waals surface area contributed by atoms with Crippen molar-refractivity contribution in [3.05, 3.63) is 71.9 Å². The lowest BCUT2D eigenvalue weighted by Crippen LogP contribution is -2.24. The minimum atomic E-state index is 0.548. The summed E-state index contributed by atoms with van der Waals surface area (Å²) in [7, 11) is 1.99. The molecule has 5 N–H and O–H groups in total. The van der Waals surface area contributed by atoms with Crippen molar-refractivity contribution in [3.63, 3.8) is 0 Å². The molecule has 0 radical (unpaired) electrons. The largest absolute Gasteiger partial charge is 0.398 e. The molecule has 0 unspecified atom stereocenters. The van der Waals surface area contributed by atoms with Crippen molar-refractivity contribution in [2.75, 3.05) is 30.8 Å². The third-order valence-corrected chi connectivity index (χ3v) is 4.03. The van der Waals surface area contributed by atoms with Crippen molar-refractivity contribution >= 4 is 35.3 Å². The van der Waals surface area contributed by atoms with Crippen LogP contribution in [0.5, 0.6) is 0 Å². The molecule has 0 aliphatic heterocycles. The van der Waals surface area contributed by atoms with Crippen LogP contribution in [0.15, 0.2) is 71.4 Å². The maximum atomic E-state index is 7.29. The number of nitrogens with two attached hydrogens (primary N) is 1.